The van der Waals surface area contributed by atoms with Crippen molar-refractivity contribution in [1.29, 1.82) is 0 Å². The van der Waals surface area contributed by atoms with E-state index in [1.165, 1.54) is 0 Å². The van der Waals surface area contributed by atoms with E-state index in [2.05, 4.69) is 0 Å². The summed E-state index contributed by atoms with van der Waals surface area (Å²) in [5, 5.41) is -5.09. The molecule has 0 amide bonds. The lowest BCUT2D eigenvalue weighted by molar-refractivity contribution is -0.239. The molecule has 0 aromatic heterocycles. The molecule has 0 saturated heterocycles. The summed E-state index contributed by atoms with van der Waals surface area (Å²) < 4.78 is 66.4. The molecule has 0 rings (SSSR count). The molecule has 0 saturated carbocycles. The van der Waals surface area contributed by atoms with E-state index in [0.29, 0.717) is 6.26 Å². The molecule has 0 fully saturated rings. The van der Waals surface area contributed by atoms with Gasteiger partial charge in [0.05, 0.1) is 10.8 Å². The van der Waals surface area contributed by atoms with Gasteiger partial charge in [0, 0.05) is 6.26 Å². The molecule has 0 aromatic rings. The zero-order valence-corrected chi connectivity index (χ0v) is 5.52. The summed E-state index contributed by atoms with van der Waals surface area (Å²) in [5.41, 5.74) is 0. The van der Waals surface area contributed by atoms with Gasteiger partial charge in [-0.1, -0.05) is 0 Å². The zero-order chi connectivity index (χ0) is 8.58. The topological polar surface area (TPSA) is 17.1 Å². The van der Waals surface area contributed by atoms with Crippen LogP contribution in [0.2, 0.25) is 0 Å². The SMILES string of the molecule is CS(=O)C(F)(F)C(F)(F)F. The maximum atomic E-state index is 11.6. The van der Waals surface area contributed by atoms with Crippen LogP contribution in [0.3, 0.4) is 0 Å². The number of hydrogen-bond acceptors (Lipinski definition) is 1. The second kappa shape index (κ2) is 2.44. The second-order valence-corrected chi connectivity index (χ2v) is 2.89. The maximum Gasteiger partial charge on any atom is 0.466 e. The third-order valence-electron chi connectivity index (χ3n) is 0.691. The standard InChI is InChI=1S/C3H3F5OS/c1-10(9)3(7,8)2(4,5)6/h1H3. The summed E-state index contributed by atoms with van der Waals surface area (Å²) in [5.74, 6) is 0. The summed E-state index contributed by atoms with van der Waals surface area (Å²) in [7, 11) is -3.20. The first-order chi connectivity index (χ1) is 4.19. The predicted octanol–water partition coefficient (Wildman–Crippen LogP) is 1.52. The lowest BCUT2D eigenvalue weighted by Gasteiger charge is -2.15. The Hall–Kier alpha value is -0.200. The van der Waals surface area contributed by atoms with Crippen molar-refractivity contribution in [3.63, 3.8) is 0 Å². The highest BCUT2D eigenvalue weighted by Crippen LogP contribution is 2.37. The van der Waals surface area contributed by atoms with Gasteiger partial charge in [-0.15, -0.1) is 0 Å². The van der Waals surface area contributed by atoms with Crippen LogP contribution in [0.25, 0.3) is 0 Å². The van der Waals surface area contributed by atoms with Crippen molar-refractivity contribution >= 4 is 10.8 Å². The molecule has 0 N–H and O–H groups in total. The number of alkyl halides is 5. The molecule has 0 aliphatic heterocycles. The summed E-state index contributed by atoms with van der Waals surface area (Å²) in [6, 6.07) is 0. The van der Waals surface area contributed by atoms with E-state index in [4.69, 9.17) is 0 Å². The van der Waals surface area contributed by atoms with Gasteiger partial charge in [-0.25, -0.2) is 0 Å². The van der Waals surface area contributed by atoms with Gasteiger partial charge in [0.15, 0.2) is 0 Å². The second-order valence-electron chi connectivity index (χ2n) is 1.47. The van der Waals surface area contributed by atoms with Crippen LogP contribution >= 0.6 is 0 Å². The molecule has 0 heterocycles. The minimum absolute atomic E-state index is 0.299. The minimum Gasteiger partial charge on any atom is -0.253 e. The average Bonchev–Trinajstić information content (AvgIpc) is 1.62. The molecular weight excluding hydrogens is 179 g/mol. The van der Waals surface area contributed by atoms with E-state index in [9.17, 15) is 26.2 Å². The van der Waals surface area contributed by atoms with Crippen LogP contribution in [0, 0.1) is 0 Å². The predicted molar refractivity (Wildman–Crippen MR) is 25.1 cm³/mol. The van der Waals surface area contributed by atoms with Gasteiger partial charge in [0.25, 0.3) is 0 Å². The monoisotopic (exact) mass is 182 g/mol. The Kier molecular flexibility index (Phi) is 2.40. The Balaban J connectivity index is 4.57. The Morgan fingerprint density at radius 2 is 1.40 bits per heavy atom. The van der Waals surface area contributed by atoms with Crippen LogP contribution in [-0.4, -0.2) is 21.9 Å². The lowest BCUT2D eigenvalue weighted by Crippen LogP contribution is -2.39. The van der Waals surface area contributed by atoms with Gasteiger partial charge >= 0.3 is 11.4 Å². The van der Waals surface area contributed by atoms with Crippen molar-refractivity contribution in [2.45, 2.75) is 11.4 Å². The summed E-state index contributed by atoms with van der Waals surface area (Å²) in [4.78, 5) is 0. The summed E-state index contributed by atoms with van der Waals surface area (Å²) >= 11 is 0. The molecule has 0 bridgehead atoms. The van der Waals surface area contributed by atoms with Crippen LogP contribution in [0.4, 0.5) is 22.0 Å². The van der Waals surface area contributed by atoms with Crippen LogP contribution < -0.4 is 0 Å². The third kappa shape index (κ3) is 1.65. The van der Waals surface area contributed by atoms with Crippen molar-refractivity contribution in [2.75, 3.05) is 6.26 Å². The largest absolute Gasteiger partial charge is 0.466 e. The van der Waals surface area contributed by atoms with E-state index in [1.807, 2.05) is 0 Å². The lowest BCUT2D eigenvalue weighted by atomic mass is 10.7. The molecule has 0 aliphatic carbocycles. The fourth-order valence-corrected chi connectivity index (χ4v) is 0.489. The number of halogens is 5. The van der Waals surface area contributed by atoms with Crippen LogP contribution in [0.15, 0.2) is 0 Å². The van der Waals surface area contributed by atoms with Gasteiger partial charge in [0.2, 0.25) is 0 Å². The Labute approximate surface area is 55.7 Å². The number of rotatable bonds is 1. The summed E-state index contributed by atoms with van der Waals surface area (Å²) in [6.45, 7) is 0. The molecule has 1 nitrogen and oxygen atoms in total. The first-order valence-electron chi connectivity index (χ1n) is 1.97. The molecule has 0 aliphatic rings. The van der Waals surface area contributed by atoms with Crippen molar-refractivity contribution in [3.8, 4) is 0 Å². The quantitative estimate of drug-likeness (QED) is 0.562. The maximum absolute atomic E-state index is 11.6. The molecule has 1 unspecified atom stereocenters. The molecule has 1 atom stereocenters. The highest BCUT2D eigenvalue weighted by molar-refractivity contribution is 7.85. The smallest absolute Gasteiger partial charge is 0.253 e. The Morgan fingerprint density at radius 3 is 1.40 bits per heavy atom. The van der Waals surface area contributed by atoms with E-state index in [0.717, 1.165) is 0 Å². The highest BCUT2D eigenvalue weighted by Gasteiger charge is 2.60. The highest BCUT2D eigenvalue weighted by atomic mass is 32.2. The van der Waals surface area contributed by atoms with Crippen LogP contribution in [-0.2, 0) is 10.8 Å². The van der Waals surface area contributed by atoms with Gasteiger partial charge < -0.3 is 0 Å². The zero-order valence-electron chi connectivity index (χ0n) is 4.71. The molecular formula is C3H3F5OS. The van der Waals surface area contributed by atoms with E-state index >= 15 is 0 Å². The fourth-order valence-electron chi connectivity index (χ4n) is 0.163. The van der Waals surface area contributed by atoms with Crippen molar-refractivity contribution in [1.82, 2.24) is 0 Å². The van der Waals surface area contributed by atoms with Gasteiger partial charge in [-0.3, -0.25) is 4.21 Å². The third-order valence-corrected chi connectivity index (χ3v) is 1.64. The molecule has 0 aromatic carbocycles. The Bertz CT molecular complexity index is 149. The van der Waals surface area contributed by atoms with Crippen LogP contribution in [0.5, 0.6) is 0 Å². The van der Waals surface area contributed by atoms with Gasteiger partial charge in [-0.2, -0.15) is 22.0 Å². The first kappa shape index (κ1) is 9.80. The molecule has 0 spiro atoms. The molecule has 62 valence electrons. The molecule has 10 heavy (non-hydrogen) atoms. The molecule has 7 heteroatoms. The van der Waals surface area contributed by atoms with Gasteiger partial charge in [0.1, 0.15) is 0 Å². The van der Waals surface area contributed by atoms with Crippen molar-refractivity contribution in [2.24, 2.45) is 0 Å². The first-order valence-corrected chi connectivity index (χ1v) is 3.53. The van der Waals surface area contributed by atoms with Crippen LogP contribution in [0.1, 0.15) is 0 Å². The van der Waals surface area contributed by atoms with E-state index < -0.39 is 22.2 Å². The van der Waals surface area contributed by atoms with Crippen molar-refractivity contribution < 1.29 is 26.2 Å². The minimum atomic E-state index is -5.72. The Morgan fingerprint density at radius 1 is 1.10 bits per heavy atom. The number of hydrogen-bond donors (Lipinski definition) is 0. The van der Waals surface area contributed by atoms with E-state index in [1.54, 1.807) is 0 Å². The van der Waals surface area contributed by atoms with E-state index in [-0.39, 0.29) is 0 Å². The van der Waals surface area contributed by atoms with Crippen molar-refractivity contribution in [3.05, 3.63) is 0 Å². The average molecular weight is 182 g/mol. The molecule has 0 radical (unpaired) electrons. The fraction of sp³-hybridized carbons (Fsp3) is 1.00. The summed E-state index contributed by atoms with van der Waals surface area (Å²) in [6.07, 6.45) is -5.42. The normalized spacial score (nSPS) is 17.0. The van der Waals surface area contributed by atoms with Gasteiger partial charge in [-0.05, 0) is 0 Å².